The molecule has 0 unspecified atom stereocenters. The van der Waals surface area contributed by atoms with E-state index in [-0.39, 0.29) is 18.1 Å². The molecule has 3 aromatic rings. The van der Waals surface area contributed by atoms with Gasteiger partial charge in [-0.25, -0.2) is 9.78 Å². The van der Waals surface area contributed by atoms with Crippen LogP contribution in [0.2, 0.25) is 0 Å². The van der Waals surface area contributed by atoms with E-state index in [1.165, 1.54) is 45.1 Å². The fraction of sp³-hybridized carbons (Fsp3) is 0.381. The average Bonchev–Trinajstić information content (AvgIpc) is 3.10. The molecule has 0 saturated carbocycles. The van der Waals surface area contributed by atoms with Crippen LogP contribution in [-0.2, 0) is 24.2 Å². The molecule has 0 saturated heterocycles. The van der Waals surface area contributed by atoms with Crippen molar-refractivity contribution in [2.45, 2.75) is 46.1 Å². The van der Waals surface area contributed by atoms with E-state index in [0.717, 1.165) is 18.4 Å². The molecule has 1 atom stereocenters. The van der Waals surface area contributed by atoms with Gasteiger partial charge in [0.15, 0.2) is 0 Å². The molecule has 1 aliphatic carbocycles. The Hall–Kier alpha value is -2.47. The summed E-state index contributed by atoms with van der Waals surface area (Å²) < 4.78 is 6.95. The predicted molar refractivity (Wildman–Crippen MR) is 105 cm³/mol. The molecule has 140 valence electrons. The second-order valence-electron chi connectivity index (χ2n) is 7.12. The topological polar surface area (TPSA) is 60.7 Å². The third kappa shape index (κ3) is 3.54. The van der Waals surface area contributed by atoms with Gasteiger partial charge in [0.05, 0.1) is 5.69 Å². The van der Waals surface area contributed by atoms with Crippen LogP contribution < -0.4 is 5.56 Å². The molecule has 4 rings (SSSR count). The van der Waals surface area contributed by atoms with E-state index in [9.17, 15) is 9.59 Å². The van der Waals surface area contributed by atoms with Crippen molar-refractivity contribution in [2.75, 3.05) is 0 Å². The Balaban J connectivity index is 1.50. The molecular weight excluding hydrogens is 360 g/mol. The van der Waals surface area contributed by atoms with Crippen LogP contribution in [0.5, 0.6) is 0 Å². The van der Waals surface area contributed by atoms with Crippen LogP contribution in [0.3, 0.4) is 0 Å². The summed E-state index contributed by atoms with van der Waals surface area (Å²) in [6.07, 6.45) is 6.17. The Morgan fingerprint density at radius 3 is 3.07 bits per heavy atom. The summed E-state index contributed by atoms with van der Waals surface area (Å²) in [7, 11) is 0. The molecule has 0 aliphatic heterocycles. The summed E-state index contributed by atoms with van der Waals surface area (Å²) in [5.74, 6) is 0.378. The number of fused-ring (bicyclic) bond motifs is 2. The van der Waals surface area contributed by atoms with Gasteiger partial charge in [0.25, 0.3) is 5.56 Å². The first-order valence-corrected chi connectivity index (χ1v) is 10.1. The Bertz CT molecular complexity index is 1070. The number of aryl methyl sites for hydroxylation is 2. The quantitative estimate of drug-likeness (QED) is 0.642. The minimum Gasteiger partial charge on any atom is -0.455 e. The van der Waals surface area contributed by atoms with Gasteiger partial charge in [-0.15, -0.1) is 11.3 Å². The summed E-state index contributed by atoms with van der Waals surface area (Å²) in [5.41, 5.74) is 3.08. The molecule has 5 nitrogen and oxygen atoms in total. The van der Waals surface area contributed by atoms with Gasteiger partial charge < -0.3 is 4.74 Å². The van der Waals surface area contributed by atoms with Crippen molar-refractivity contribution in [3.05, 3.63) is 67.4 Å². The van der Waals surface area contributed by atoms with Crippen LogP contribution >= 0.6 is 11.3 Å². The SMILES string of the molecule is CC[C@H]1CCc2sc(C(=O)OCc3cc(=O)n4cccc(C)c4n3)cc2C1. The Labute approximate surface area is 161 Å². The van der Waals surface area contributed by atoms with Crippen molar-refractivity contribution < 1.29 is 9.53 Å². The summed E-state index contributed by atoms with van der Waals surface area (Å²) >= 11 is 1.54. The molecule has 6 heteroatoms. The first kappa shape index (κ1) is 17.9. The standard InChI is InChI=1S/C21H22N2O3S/c1-3-14-6-7-17-15(9-14)10-18(27-17)21(25)26-12-16-11-19(24)23-8-4-5-13(2)20(23)22-16/h4-5,8,10-11,14H,3,6-7,9,12H2,1-2H3/t14-/m0/s1. The Morgan fingerprint density at radius 2 is 2.26 bits per heavy atom. The van der Waals surface area contributed by atoms with E-state index < -0.39 is 0 Å². The lowest BCUT2D eigenvalue weighted by molar-refractivity contribution is 0.0473. The predicted octanol–water partition coefficient (Wildman–Crippen LogP) is 3.94. The van der Waals surface area contributed by atoms with Gasteiger partial charge >= 0.3 is 5.97 Å². The summed E-state index contributed by atoms with van der Waals surface area (Å²) in [5, 5.41) is 0. The highest BCUT2D eigenvalue weighted by molar-refractivity contribution is 7.14. The molecule has 0 fully saturated rings. The van der Waals surface area contributed by atoms with Gasteiger partial charge in [0.2, 0.25) is 0 Å². The van der Waals surface area contributed by atoms with Crippen molar-refractivity contribution in [2.24, 2.45) is 5.92 Å². The van der Waals surface area contributed by atoms with Crippen LogP contribution in [0.4, 0.5) is 0 Å². The van der Waals surface area contributed by atoms with Gasteiger partial charge in [0.1, 0.15) is 17.1 Å². The highest BCUT2D eigenvalue weighted by Gasteiger charge is 2.22. The van der Waals surface area contributed by atoms with E-state index in [1.807, 2.05) is 25.1 Å². The number of carbonyl (C=O) groups is 1. The zero-order valence-corrected chi connectivity index (χ0v) is 16.3. The number of ether oxygens (including phenoxy) is 1. The first-order valence-electron chi connectivity index (χ1n) is 9.31. The first-order chi connectivity index (χ1) is 13.0. The molecule has 0 aromatic carbocycles. The number of hydrogen-bond donors (Lipinski definition) is 0. The lowest BCUT2D eigenvalue weighted by Gasteiger charge is -2.19. The van der Waals surface area contributed by atoms with Crippen molar-refractivity contribution in [1.29, 1.82) is 0 Å². The largest absolute Gasteiger partial charge is 0.455 e. The molecule has 0 N–H and O–H groups in total. The number of nitrogens with zero attached hydrogens (tertiary/aromatic N) is 2. The van der Waals surface area contributed by atoms with Crippen LogP contribution in [0.15, 0.2) is 35.3 Å². The van der Waals surface area contributed by atoms with E-state index in [2.05, 4.69) is 11.9 Å². The molecule has 0 amide bonds. The van der Waals surface area contributed by atoms with E-state index in [4.69, 9.17) is 4.74 Å². The monoisotopic (exact) mass is 382 g/mol. The molecule has 27 heavy (non-hydrogen) atoms. The molecule has 0 bridgehead atoms. The van der Waals surface area contributed by atoms with Gasteiger partial charge in [-0.1, -0.05) is 19.4 Å². The van der Waals surface area contributed by atoms with Gasteiger partial charge in [-0.2, -0.15) is 0 Å². The second kappa shape index (κ2) is 7.27. The summed E-state index contributed by atoms with van der Waals surface area (Å²) in [6, 6.07) is 7.12. The number of carbonyl (C=O) groups excluding carboxylic acids is 1. The van der Waals surface area contributed by atoms with Crippen molar-refractivity contribution in [3.8, 4) is 0 Å². The van der Waals surface area contributed by atoms with E-state index in [1.54, 1.807) is 6.20 Å². The maximum absolute atomic E-state index is 12.5. The Morgan fingerprint density at radius 1 is 1.41 bits per heavy atom. The molecule has 3 heterocycles. The molecule has 1 aliphatic rings. The minimum absolute atomic E-state index is 0.000933. The van der Waals surface area contributed by atoms with Crippen molar-refractivity contribution >= 4 is 23.0 Å². The van der Waals surface area contributed by atoms with E-state index in [0.29, 0.717) is 22.1 Å². The number of thiophene rings is 1. The van der Waals surface area contributed by atoms with Gasteiger partial charge in [-0.3, -0.25) is 9.20 Å². The maximum Gasteiger partial charge on any atom is 0.348 e. The number of rotatable bonds is 4. The molecular formula is C21H22N2O3S. The number of hydrogen-bond acceptors (Lipinski definition) is 5. The lowest BCUT2D eigenvalue weighted by atomic mass is 9.87. The van der Waals surface area contributed by atoms with Gasteiger partial charge in [0, 0.05) is 17.1 Å². The number of aromatic nitrogens is 2. The molecule has 3 aromatic heterocycles. The summed E-state index contributed by atoms with van der Waals surface area (Å²) in [4.78, 5) is 31.2. The molecule has 0 spiro atoms. The molecule has 0 radical (unpaired) electrons. The van der Waals surface area contributed by atoms with Crippen molar-refractivity contribution in [3.63, 3.8) is 0 Å². The minimum atomic E-state index is -0.339. The van der Waals surface area contributed by atoms with Crippen LogP contribution in [-0.4, -0.2) is 15.4 Å². The summed E-state index contributed by atoms with van der Waals surface area (Å²) in [6.45, 7) is 4.12. The second-order valence-corrected chi connectivity index (χ2v) is 8.26. The number of pyridine rings is 1. The highest BCUT2D eigenvalue weighted by Crippen LogP contribution is 2.33. The Kier molecular flexibility index (Phi) is 4.83. The van der Waals surface area contributed by atoms with Crippen LogP contribution in [0, 0.1) is 12.8 Å². The smallest absolute Gasteiger partial charge is 0.348 e. The van der Waals surface area contributed by atoms with Crippen LogP contribution in [0.25, 0.3) is 5.65 Å². The lowest BCUT2D eigenvalue weighted by Crippen LogP contribution is -2.17. The van der Waals surface area contributed by atoms with E-state index >= 15 is 0 Å². The third-order valence-electron chi connectivity index (χ3n) is 5.25. The normalized spacial score (nSPS) is 16.3. The van der Waals surface area contributed by atoms with Crippen molar-refractivity contribution in [1.82, 2.24) is 9.38 Å². The zero-order chi connectivity index (χ0) is 19.0. The third-order valence-corrected chi connectivity index (χ3v) is 6.47. The number of esters is 1. The van der Waals surface area contributed by atoms with Gasteiger partial charge in [-0.05, 0) is 55.4 Å². The van der Waals surface area contributed by atoms with Crippen LogP contribution in [0.1, 0.15) is 51.1 Å². The fourth-order valence-electron chi connectivity index (χ4n) is 3.64. The maximum atomic E-state index is 12.5. The zero-order valence-electron chi connectivity index (χ0n) is 15.5. The average molecular weight is 382 g/mol. The fourth-order valence-corrected chi connectivity index (χ4v) is 4.74. The highest BCUT2D eigenvalue weighted by atomic mass is 32.1.